The molecule has 0 amide bonds. The van der Waals surface area contributed by atoms with Crippen LogP contribution in [0.4, 0.5) is 5.69 Å². The van der Waals surface area contributed by atoms with Gasteiger partial charge in [-0.3, -0.25) is 5.43 Å². The molecule has 0 aromatic heterocycles. The minimum absolute atomic E-state index is 0.0148. The van der Waals surface area contributed by atoms with Crippen LogP contribution in [0.1, 0.15) is 29.3 Å². The van der Waals surface area contributed by atoms with Crippen LogP contribution in [0.2, 0.25) is 5.02 Å². The van der Waals surface area contributed by atoms with Gasteiger partial charge in [0.2, 0.25) is 0 Å². The Kier molecular flexibility index (Phi) is 6.65. The molecule has 7 heteroatoms. The number of hydrazone groups is 1. The highest BCUT2D eigenvalue weighted by Crippen LogP contribution is 2.27. The van der Waals surface area contributed by atoms with Gasteiger partial charge in [0.05, 0.1) is 36.2 Å². The van der Waals surface area contributed by atoms with Crippen molar-refractivity contribution in [3.63, 3.8) is 0 Å². The second kappa shape index (κ2) is 8.94. The first-order valence-corrected chi connectivity index (χ1v) is 8.05. The van der Waals surface area contributed by atoms with Gasteiger partial charge in [-0.15, -0.1) is 0 Å². The number of hydrogen-bond donors (Lipinski definition) is 2. The molecule has 0 bridgehead atoms. The number of carboxylic acids is 1. The summed E-state index contributed by atoms with van der Waals surface area (Å²) >= 11 is 5.83. The monoisotopic (exact) mass is 362 g/mol. The third-order valence-electron chi connectivity index (χ3n) is 3.25. The molecule has 2 aromatic carbocycles. The second-order valence-electron chi connectivity index (χ2n) is 5.13. The first kappa shape index (κ1) is 18.6. The molecule has 0 spiro atoms. The zero-order valence-electron chi connectivity index (χ0n) is 14.0. The molecular formula is C18H19ClN2O4. The quantitative estimate of drug-likeness (QED) is 0.541. The Labute approximate surface area is 151 Å². The molecule has 25 heavy (non-hydrogen) atoms. The van der Waals surface area contributed by atoms with E-state index in [9.17, 15) is 4.79 Å². The van der Waals surface area contributed by atoms with Gasteiger partial charge < -0.3 is 14.6 Å². The van der Waals surface area contributed by atoms with Gasteiger partial charge in [-0.25, -0.2) is 4.79 Å². The van der Waals surface area contributed by atoms with Gasteiger partial charge in [0.1, 0.15) is 0 Å². The van der Waals surface area contributed by atoms with Crippen molar-refractivity contribution >= 4 is 29.5 Å². The van der Waals surface area contributed by atoms with Crippen molar-refractivity contribution in [3.8, 4) is 11.5 Å². The molecule has 132 valence electrons. The number of hydrogen-bond acceptors (Lipinski definition) is 5. The van der Waals surface area contributed by atoms with E-state index in [0.29, 0.717) is 23.8 Å². The molecule has 0 heterocycles. The lowest BCUT2D eigenvalue weighted by molar-refractivity contribution is 0.0697. The molecule has 6 nitrogen and oxygen atoms in total. The standard InChI is InChI=1S/C18H19ClN2O4/c1-3-8-25-16-7-4-12(9-17(16)24-2)11-20-21-13-5-6-15(19)14(10-13)18(22)23/h4-7,9-11,21H,3,8H2,1-2H3,(H,22,23). The van der Waals surface area contributed by atoms with E-state index in [0.717, 1.165) is 12.0 Å². The van der Waals surface area contributed by atoms with Gasteiger partial charge in [0, 0.05) is 0 Å². The number of nitrogens with zero attached hydrogens (tertiary/aromatic N) is 1. The maximum atomic E-state index is 11.1. The Morgan fingerprint density at radius 3 is 2.76 bits per heavy atom. The summed E-state index contributed by atoms with van der Waals surface area (Å²) in [7, 11) is 1.58. The Morgan fingerprint density at radius 1 is 1.28 bits per heavy atom. The van der Waals surface area contributed by atoms with Crippen LogP contribution in [0.15, 0.2) is 41.5 Å². The highest BCUT2D eigenvalue weighted by atomic mass is 35.5. The van der Waals surface area contributed by atoms with Crippen molar-refractivity contribution in [2.45, 2.75) is 13.3 Å². The lowest BCUT2D eigenvalue weighted by Gasteiger charge is -2.10. The van der Waals surface area contributed by atoms with E-state index >= 15 is 0 Å². The average Bonchev–Trinajstić information content (AvgIpc) is 2.61. The Hall–Kier alpha value is -2.73. The Bertz CT molecular complexity index is 778. The molecule has 0 radical (unpaired) electrons. The smallest absolute Gasteiger partial charge is 0.337 e. The number of halogens is 1. The van der Waals surface area contributed by atoms with Crippen molar-refractivity contribution < 1.29 is 19.4 Å². The summed E-state index contributed by atoms with van der Waals surface area (Å²) in [5.41, 5.74) is 4.12. The van der Waals surface area contributed by atoms with Crippen molar-refractivity contribution in [3.05, 3.63) is 52.5 Å². The van der Waals surface area contributed by atoms with Crippen LogP contribution in [0.3, 0.4) is 0 Å². The van der Waals surface area contributed by atoms with Gasteiger partial charge >= 0.3 is 5.97 Å². The van der Waals surface area contributed by atoms with E-state index < -0.39 is 5.97 Å². The maximum Gasteiger partial charge on any atom is 0.337 e. The lowest BCUT2D eigenvalue weighted by atomic mass is 10.2. The van der Waals surface area contributed by atoms with Crippen LogP contribution < -0.4 is 14.9 Å². The number of rotatable bonds is 8. The largest absolute Gasteiger partial charge is 0.493 e. The SMILES string of the molecule is CCCOc1ccc(C=NNc2ccc(Cl)c(C(=O)O)c2)cc1OC. The summed E-state index contributed by atoms with van der Waals surface area (Å²) in [6.07, 6.45) is 2.51. The fourth-order valence-electron chi connectivity index (χ4n) is 2.04. The Morgan fingerprint density at radius 2 is 2.08 bits per heavy atom. The first-order valence-electron chi connectivity index (χ1n) is 7.68. The summed E-state index contributed by atoms with van der Waals surface area (Å²) in [5, 5.41) is 13.3. The third-order valence-corrected chi connectivity index (χ3v) is 3.58. The van der Waals surface area contributed by atoms with E-state index in [1.54, 1.807) is 25.5 Å². The highest BCUT2D eigenvalue weighted by Gasteiger charge is 2.09. The van der Waals surface area contributed by atoms with Gasteiger partial charge in [0.15, 0.2) is 11.5 Å². The molecule has 2 aromatic rings. The van der Waals surface area contributed by atoms with E-state index in [1.165, 1.54) is 12.1 Å². The van der Waals surface area contributed by atoms with Crippen LogP contribution in [-0.2, 0) is 0 Å². The molecule has 0 aliphatic heterocycles. The number of anilines is 1. The number of nitrogens with one attached hydrogen (secondary N) is 1. The van der Waals surface area contributed by atoms with Crippen molar-refractivity contribution in [2.75, 3.05) is 19.1 Å². The van der Waals surface area contributed by atoms with Gasteiger partial charge in [-0.2, -0.15) is 5.10 Å². The van der Waals surface area contributed by atoms with E-state index in [-0.39, 0.29) is 10.6 Å². The fourth-order valence-corrected chi connectivity index (χ4v) is 2.23. The second-order valence-corrected chi connectivity index (χ2v) is 5.54. The number of carbonyl (C=O) groups is 1. The predicted octanol–water partition coefficient (Wildman–Crippen LogP) is 4.28. The molecule has 0 aliphatic rings. The van der Waals surface area contributed by atoms with Crippen LogP contribution in [0.25, 0.3) is 0 Å². The zero-order chi connectivity index (χ0) is 18.2. The van der Waals surface area contributed by atoms with Gasteiger partial charge in [-0.1, -0.05) is 18.5 Å². The zero-order valence-corrected chi connectivity index (χ0v) is 14.7. The number of benzene rings is 2. The lowest BCUT2D eigenvalue weighted by Crippen LogP contribution is -2.00. The molecule has 0 aliphatic carbocycles. The van der Waals surface area contributed by atoms with Crippen molar-refractivity contribution in [1.82, 2.24) is 0 Å². The maximum absolute atomic E-state index is 11.1. The normalized spacial score (nSPS) is 10.7. The highest BCUT2D eigenvalue weighted by molar-refractivity contribution is 6.33. The van der Waals surface area contributed by atoms with E-state index in [1.807, 2.05) is 19.1 Å². The van der Waals surface area contributed by atoms with Crippen molar-refractivity contribution in [1.29, 1.82) is 0 Å². The van der Waals surface area contributed by atoms with Crippen LogP contribution in [0, 0.1) is 0 Å². The molecule has 0 unspecified atom stereocenters. The molecule has 0 saturated heterocycles. The minimum Gasteiger partial charge on any atom is -0.493 e. The molecule has 2 N–H and O–H groups in total. The van der Waals surface area contributed by atoms with Gasteiger partial charge in [0.25, 0.3) is 0 Å². The third kappa shape index (κ3) is 5.12. The summed E-state index contributed by atoms with van der Waals surface area (Å²) < 4.78 is 10.9. The number of carboxylic acid groups (broad SMARTS) is 1. The molecule has 0 fully saturated rings. The topological polar surface area (TPSA) is 80.2 Å². The summed E-state index contributed by atoms with van der Waals surface area (Å²) in [5.74, 6) is 0.209. The number of ether oxygens (including phenoxy) is 2. The molecular weight excluding hydrogens is 344 g/mol. The summed E-state index contributed by atoms with van der Waals surface area (Å²) in [4.78, 5) is 11.1. The fraction of sp³-hybridized carbons (Fsp3) is 0.222. The molecule has 0 saturated carbocycles. The minimum atomic E-state index is -1.09. The van der Waals surface area contributed by atoms with Crippen LogP contribution in [-0.4, -0.2) is 31.0 Å². The van der Waals surface area contributed by atoms with E-state index in [4.69, 9.17) is 26.2 Å². The number of methoxy groups -OCH3 is 1. The van der Waals surface area contributed by atoms with E-state index in [2.05, 4.69) is 10.5 Å². The van der Waals surface area contributed by atoms with Crippen molar-refractivity contribution in [2.24, 2.45) is 5.10 Å². The van der Waals surface area contributed by atoms with Gasteiger partial charge in [-0.05, 0) is 48.4 Å². The Balaban J connectivity index is 2.09. The van der Waals surface area contributed by atoms with Crippen LogP contribution in [0.5, 0.6) is 11.5 Å². The molecule has 2 rings (SSSR count). The number of aromatic carboxylic acids is 1. The van der Waals surface area contributed by atoms with Crippen LogP contribution >= 0.6 is 11.6 Å². The average molecular weight is 363 g/mol. The summed E-state index contributed by atoms with van der Waals surface area (Å²) in [6, 6.07) is 10.1. The summed E-state index contributed by atoms with van der Waals surface area (Å²) in [6.45, 7) is 2.65. The molecule has 0 atom stereocenters. The predicted molar refractivity (Wildman–Crippen MR) is 98.4 cm³/mol. The first-order chi connectivity index (χ1) is 12.0.